The van der Waals surface area contributed by atoms with Gasteiger partial charge in [-0.25, -0.2) is 0 Å². The number of hydrogen-bond acceptors (Lipinski definition) is 6. The zero-order chi connectivity index (χ0) is 15.9. The molecule has 0 amide bonds. The lowest BCUT2D eigenvalue weighted by Gasteiger charge is -2.13. The van der Waals surface area contributed by atoms with Gasteiger partial charge in [0.25, 0.3) is 0 Å². The Balaban J connectivity index is 2.18. The summed E-state index contributed by atoms with van der Waals surface area (Å²) < 4.78 is 12.7. The van der Waals surface area contributed by atoms with E-state index in [-0.39, 0.29) is 6.10 Å². The van der Waals surface area contributed by atoms with Crippen LogP contribution in [0, 0.1) is 0 Å². The number of hydrogen-bond donors (Lipinski definition) is 0. The molecule has 0 spiro atoms. The number of ether oxygens (including phenoxy) is 2. The van der Waals surface area contributed by atoms with Crippen LogP contribution in [0.4, 0.5) is 0 Å². The van der Waals surface area contributed by atoms with Crippen molar-refractivity contribution in [3.8, 4) is 11.5 Å². The normalized spacial score (nSPS) is 11.3. The molecule has 0 radical (unpaired) electrons. The Kier molecular flexibility index (Phi) is 5.83. The molecule has 1 aromatic heterocycles. The molecule has 0 N–H and O–H groups in total. The molecule has 7 heteroatoms. The summed E-state index contributed by atoms with van der Waals surface area (Å²) in [6.45, 7) is 6.02. The fourth-order valence-electron chi connectivity index (χ4n) is 1.77. The second-order valence-electron chi connectivity index (χ2n) is 4.71. The highest BCUT2D eigenvalue weighted by Gasteiger charge is 2.07. The Morgan fingerprint density at radius 2 is 2.18 bits per heavy atom. The molecule has 0 saturated carbocycles. The van der Waals surface area contributed by atoms with Crippen molar-refractivity contribution in [1.29, 1.82) is 0 Å². The molecule has 2 rings (SSSR count). The van der Waals surface area contributed by atoms with E-state index in [1.165, 1.54) is 0 Å². The predicted molar refractivity (Wildman–Crippen MR) is 88.2 cm³/mol. The van der Waals surface area contributed by atoms with Gasteiger partial charge in [0.2, 0.25) is 5.16 Å². The van der Waals surface area contributed by atoms with Crippen LogP contribution in [0.25, 0.3) is 0 Å². The van der Waals surface area contributed by atoms with Crippen molar-refractivity contribution >= 4 is 18.0 Å². The summed E-state index contributed by atoms with van der Waals surface area (Å²) in [5, 5.41) is 13.0. The fraction of sp³-hybridized carbons (Fsp3) is 0.400. The van der Waals surface area contributed by atoms with Gasteiger partial charge in [0.15, 0.2) is 11.5 Å². The summed E-state index contributed by atoms with van der Waals surface area (Å²) in [6, 6.07) is 5.70. The monoisotopic (exact) mass is 320 g/mol. The lowest BCUT2D eigenvalue weighted by atomic mass is 10.2. The van der Waals surface area contributed by atoms with Crippen LogP contribution in [0.15, 0.2) is 34.8 Å². The highest BCUT2D eigenvalue weighted by molar-refractivity contribution is 7.99. The first-order chi connectivity index (χ1) is 10.6. The van der Waals surface area contributed by atoms with Gasteiger partial charge in [-0.3, -0.25) is 0 Å². The van der Waals surface area contributed by atoms with Gasteiger partial charge in [-0.05, 0) is 43.4 Å². The van der Waals surface area contributed by atoms with Crippen LogP contribution in [-0.4, -0.2) is 40.1 Å². The third-order valence-corrected chi connectivity index (χ3v) is 3.47. The maximum atomic E-state index is 5.69. The molecule has 0 atom stereocenters. The summed E-state index contributed by atoms with van der Waals surface area (Å²) >= 11 is 1.59. The summed E-state index contributed by atoms with van der Waals surface area (Å²) in [4.78, 5) is 0. The lowest BCUT2D eigenvalue weighted by Crippen LogP contribution is -2.06. The van der Waals surface area contributed by atoms with E-state index in [1.54, 1.807) is 36.1 Å². The standard InChI is InChI=1S/C15H20N4O2S/c1-5-22-15-18-16-10-19(15)17-9-12-6-7-13(21-11(2)3)14(8-12)20-4/h6-11H,5H2,1-4H3/b17-9-. The minimum atomic E-state index is 0.0964. The molecule has 0 saturated heterocycles. The summed E-state index contributed by atoms with van der Waals surface area (Å²) in [5.74, 6) is 2.33. The van der Waals surface area contributed by atoms with E-state index in [1.807, 2.05) is 32.0 Å². The van der Waals surface area contributed by atoms with E-state index in [0.717, 1.165) is 22.2 Å². The highest BCUT2D eigenvalue weighted by Crippen LogP contribution is 2.28. The Hall–Kier alpha value is -2.02. The van der Waals surface area contributed by atoms with Crippen molar-refractivity contribution in [2.45, 2.75) is 32.0 Å². The third-order valence-electron chi connectivity index (χ3n) is 2.66. The van der Waals surface area contributed by atoms with Gasteiger partial charge in [0.1, 0.15) is 6.33 Å². The summed E-state index contributed by atoms with van der Waals surface area (Å²) in [7, 11) is 1.62. The number of aromatic nitrogens is 3. The Bertz CT molecular complexity index is 640. The molecule has 1 heterocycles. The lowest BCUT2D eigenvalue weighted by molar-refractivity contribution is 0.230. The minimum Gasteiger partial charge on any atom is -0.493 e. The van der Waals surface area contributed by atoms with Gasteiger partial charge in [0.05, 0.1) is 19.4 Å². The Morgan fingerprint density at radius 3 is 2.86 bits per heavy atom. The van der Waals surface area contributed by atoms with Crippen LogP contribution < -0.4 is 9.47 Å². The zero-order valence-electron chi connectivity index (χ0n) is 13.2. The van der Waals surface area contributed by atoms with E-state index in [9.17, 15) is 0 Å². The largest absolute Gasteiger partial charge is 0.493 e. The van der Waals surface area contributed by atoms with Crippen LogP contribution in [0.1, 0.15) is 26.3 Å². The van der Waals surface area contributed by atoms with Crippen LogP contribution in [-0.2, 0) is 0 Å². The molecule has 0 bridgehead atoms. The zero-order valence-corrected chi connectivity index (χ0v) is 14.0. The average Bonchev–Trinajstić information content (AvgIpc) is 2.93. The van der Waals surface area contributed by atoms with E-state index in [2.05, 4.69) is 22.2 Å². The first-order valence-corrected chi connectivity index (χ1v) is 8.04. The molecule has 6 nitrogen and oxygen atoms in total. The predicted octanol–water partition coefficient (Wildman–Crippen LogP) is 3.07. The van der Waals surface area contributed by atoms with Gasteiger partial charge in [0, 0.05) is 0 Å². The van der Waals surface area contributed by atoms with Crippen LogP contribution >= 0.6 is 11.8 Å². The Morgan fingerprint density at radius 1 is 1.36 bits per heavy atom. The maximum Gasteiger partial charge on any atom is 0.211 e. The summed E-state index contributed by atoms with van der Waals surface area (Å²) in [6.07, 6.45) is 3.42. The molecule has 0 aliphatic carbocycles. The average molecular weight is 320 g/mol. The van der Waals surface area contributed by atoms with Gasteiger partial charge < -0.3 is 9.47 Å². The molecular formula is C15H20N4O2S. The van der Waals surface area contributed by atoms with Gasteiger partial charge in [-0.1, -0.05) is 18.7 Å². The quantitative estimate of drug-likeness (QED) is 0.579. The maximum absolute atomic E-state index is 5.69. The van der Waals surface area contributed by atoms with Crippen LogP contribution in [0.5, 0.6) is 11.5 Å². The molecule has 118 valence electrons. The van der Waals surface area contributed by atoms with E-state index in [0.29, 0.717) is 5.75 Å². The molecule has 0 aliphatic heterocycles. The molecule has 2 aromatic rings. The van der Waals surface area contributed by atoms with Crippen molar-refractivity contribution in [3.63, 3.8) is 0 Å². The van der Waals surface area contributed by atoms with Gasteiger partial charge in [-0.2, -0.15) is 9.78 Å². The molecule has 0 aliphatic rings. The van der Waals surface area contributed by atoms with Crippen molar-refractivity contribution < 1.29 is 9.47 Å². The number of thioether (sulfide) groups is 1. The molecular weight excluding hydrogens is 300 g/mol. The smallest absolute Gasteiger partial charge is 0.211 e. The van der Waals surface area contributed by atoms with Crippen molar-refractivity contribution in [2.24, 2.45) is 5.10 Å². The molecule has 0 fully saturated rings. The van der Waals surface area contributed by atoms with Gasteiger partial charge >= 0.3 is 0 Å². The fourth-order valence-corrected chi connectivity index (χ4v) is 2.36. The number of methoxy groups -OCH3 is 1. The SMILES string of the molecule is CCSc1nncn1/N=C\c1ccc(OC(C)C)c(OC)c1. The van der Waals surface area contributed by atoms with E-state index >= 15 is 0 Å². The van der Waals surface area contributed by atoms with Crippen molar-refractivity contribution in [3.05, 3.63) is 30.1 Å². The first-order valence-electron chi connectivity index (χ1n) is 7.06. The van der Waals surface area contributed by atoms with E-state index < -0.39 is 0 Å². The van der Waals surface area contributed by atoms with E-state index in [4.69, 9.17) is 9.47 Å². The number of nitrogens with zero attached hydrogens (tertiary/aromatic N) is 4. The first kappa shape index (κ1) is 16.4. The second-order valence-corrected chi connectivity index (χ2v) is 5.94. The van der Waals surface area contributed by atoms with Gasteiger partial charge in [-0.15, -0.1) is 10.2 Å². The molecule has 22 heavy (non-hydrogen) atoms. The van der Waals surface area contributed by atoms with Crippen molar-refractivity contribution in [1.82, 2.24) is 14.9 Å². The summed E-state index contributed by atoms with van der Waals surface area (Å²) in [5.41, 5.74) is 0.911. The Labute approximate surface area is 134 Å². The number of benzene rings is 1. The topological polar surface area (TPSA) is 61.5 Å². The molecule has 1 aromatic carbocycles. The molecule has 0 unspecified atom stereocenters. The third kappa shape index (κ3) is 4.24. The number of rotatable bonds is 7. The van der Waals surface area contributed by atoms with Crippen LogP contribution in [0.3, 0.4) is 0 Å². The minimum absolute atomic E-state index is 0.0964. The highest BCUT2D eigenvalue weighted by atomic mass is 32.2. The van der Waals surface area contributed by atoms with Crippen LogP contribution in [0.2, 0.25) is 0 Å². The second kappa shape index (κ2) is 7.84. The van der Waals surface area contributed by atoms with Crippen molar-refractivity contribution in [2.75, 3.05) is 12.9 Å².